The Balaban J connectivity index is 1.51. The standard InChI is InChI=1S/C21H23FN4O2S/c1-14-17(9-10-19(27)25-11-3-2-4-12-25)20(28)26(24-14)21-23-18(13-29-21)15-5-7-16(22)8-6-15/h5-8,13,24H,2-4,9-12H2,1H3. The third-order valence-corrected chi connectivity index (χ3v) is 6.14. The largest absolute Gasteiger partial charge is 0.343 e. The van der Waals surface area contributed by atoms with Crippen LogP contribution in [0.15, 0.2) is 34.4 Å². The van der Waals surface area contributed by atoms with Gasteiger partial charge in [-0.25, -0.2) is 9.37 Å². The van der Waals surface area contributed by atoms with Crippen molar-refractivity contribution in [2.45, 2.75) is 39.0 Å². The van der Waals surface area contributed by atoms with Crippen molar-refractivity contribution in [3.05, 3.63) is 57.1 Å². The van der Waals surface area contributed by atoms with E-state index in [4.69, 9.17) is 0 Å². The molecule has 1 amide bonds. The number of halogens is 1. The Kier molecular flexibility index (Phi) is 5.62. The lowest BCUT2D eigenvalue weighted by Crippen LogP contribution is -2.35. The van der Waals surface area contributed by atoms with Crippen LogP contribution in [0.5, 0.6) is 0 Å². The van der Waals surface area contributed by atoms with E-state index in [1.165, 1.54) is 34.6 Å². The minimum absolute atomic E-state index is 0.115. The van der Waals surface area contributed by atoms with E-state index < -0.39 is 0 Å². The second-order valence-electron chi connectivity index (χ2n) is 7.32. The number of hydrogen-bond donors (Lipinski definition) is 1. The predicted octanol–water partition coefficient (Wildman–Crippen LogP) is 3.68. The number of carbonyl (C=O) groups excluding carboxylic acids is 1. The van der Waals surface area contributed by atoms with Gasteiger partial charge in [-0.15, -0.1) is 11.3 Å². The van der Waals surface area contributed by atoms with Crippen LogP contribution in [0.2, 0.25) is 0 Å². The fourth-order valence-electron chi connectivity index (χ4n) is 3.66. The molecule has 29 heavy (non-hydrogen) atoms. The summed E-state index contributed by atoms with van der Waals surface area (Å²) in [5, 5.41) is 5.43. The summed E-state index contributed by atoms with van der Waals surface area (Å²) in [6.07, 6.45) is 4.05. The summed E-state index contributed by atoms with van der Waals surface area (Å²) in [6, 6.07) is 6.09. The highest BCUT2D eigenvalue weighted by atomic mass is 32.1. The highest BCUT2D eigenvalue weighted by molar-refractivity contribution is 7.12. The van der Waals surface area contributed by atoms with Crippen molar-refractivity contribution in [3.8, 4) is 16.4 Å². The van der Waals surface area contributed by atoms with E-state index in [0.717, 1.165) is 37.2 Å². The number of piperidine rings is 1. The Hall–Kier alpha value is -2.74. The number of rotatable bonds is 5. The highest BCUT2D eigenvalue weighted by Crippen LogP contribution is 2.24. The molecule has 1 fully saturated rings. The lowest BCUT2D eigenvalue weighted by atomic mass is 10.1. The molecule has 8 heteroatoms. The van der Waals surface area contributed by atoms with Crippen LogP contribution in [0.4, 0.5) is 4.39 Å². The van der Waals surface area contributed by atoms with Crippen molar-refractivity contribution in [1.82, 2.24) is 19.7 Å². The Morgan fingerprint density at radius 2 is 1.93 bits per heavy atom. The number of aryl methyl sites for hydroxylation is 1. The van der Waals surface area contributed by atoms with Gasteiger partial charge < -0.3 is 4.90 Å². The zero-order valence-electron chi connectivity index (χ0n) is 16.3. The zero-order valence-corrected chi connectivity index (χ0v) is 17.1. The number of benzene rings is 1. The maximum Gasteiger partial charge on any atom is 0.276 e. The minimum atomic E-state index is -0.302. The van der Waals surface area contributed by atoms with Gasteiger partial charge in [0.25, 0.3) is 5.56 Å². The van der Waals surface area contributed by atoms with Gasteiger partial charge in [-0.05, 0) is 56.9 Å². The second-order valence-corrected chi connectivity index (χ2v) is 8.16. The first-order chi connectivity index (χ1) is 14.0. The van der Waals surface area contributed by atoms with Crippen LogP contribution in [0, 0.1) is 12.7 Å². The average molecular weight is 415 g/mol. The summed E-state index contributed by atoms with van der Waals surface area (Å²) >= 11 is 1.34. The molecule has 1 saturated heterocycles. The number of H-pyrrole nitrogens is 1. The molecule has 152 valence electrons. The first-order valence-corrected chi connectivity index (χ1v) is 10.7. The maximum atomic E-state index is 13.1. The molecule has 3 heterocycles. The van der Waals surface area contributed by atoms with Crippen molar-refractivity contribution >= 4 is 17.2 Å². The molecule has 0 saturated carbocycles. The third kappa shape index (κ3) is 4.17. The van der Waals surface area contributed by atoms with E-state index in [1.807, 2.05) is 17.2 Å². The van der Waals surface area contributed by atoms with Gasteiger partial charge in [0.2, 0.25) is 11.0 Å². The fraction of sp³-hybridized carbons (Fsp3) is 0.381. The third-order valence-electron chi connectivity index (χ3n) is 5.31. The molecule has 1 N–H and O–H groups in total. The lowest BCUT2D eigenvalue weighted by Gasteiger charge is -2.26. The lowest BCUT2D eigenvalue weighted by molar-refractivity contribution is -0.132. The van der Waals surface area contributed by atoms with Crippen LogP contribution in [-0.4, -0.2) is 38.7 Å². The van der Waals surface area contributed by atoms with Gasteiger partial charge in [0, 0.05) is 41.7 Å². The molecule has 0 unspecified atom stereocenters. The molecule has 0 radical (unpaired) electrons. The molecule has 1 aromatic carbocycles. The van der Waals surface area contributed by atoms with Crippen molar-refractivity contribution < 1.29 is 9.18 Å². The molecular weight excluding hydrogens is 391 g/mol. The summed E-state index contributed by atoms with van der Waals surface area (Å²) in [4.78, 5) is 31.7. The fourth-order valence-corrected chi connectivity index (χ4v) is 4.45. The van der Waals surface area contributed by atoms with E-state index in [0.29, 0.717) is 29.2 Å². The highest BCUT2D eigenvalue weighted by Gasteiger charge is 2.20. The quantitative estimate of drug-likeness (QED) is 0.692. The Morgan fingerprint density at radius 3 is 2.66 bits per heavy atom. The van der Waals surface area contributed by atoms with Gasteiger partial charge in [0.1, 0.15) is 5.82 Å². The maximum absolute atomic E-state index is 13.1. The SMILES string of the molecule is Cc1[nH]n(-c2nc(-c3ccc(F)cc3)cs2)c(=O)c1CCC(=O)N1CCCCC1. The van der Waals surface area contributed by atoms with Crippen LogP contribution in [-0.2, 0) is 11.2 Å². The van der Waals surface area contributed by atoms with Crippen LogP contribution >= 0.6 is 11.3 Å². The van der Waals surface area contributed by atoms with Crippen LogP contribution in [0.25, 0.3) is 16.4 Å². The van der Waals surface area contributed by atoms with Gasteiger partial charge >= 0.3 is 0 Å². The van der Waals surface area contributed by atoms with Gasteiger partial charge in [0.05, 0.1) is 5.69 Å². The number of amides is 1. The number of carbonyl (C=O) groups is 1. The minimum Gasteiger partial charge on any atom is -0.343 e. The van der Waals surface area contributed by atoms with E-state index in [2.05, 4.69) is 10.1 Å². The molecule has 0 bridgehead atoms. The number of nitrogens with zero attached hydrogens (tertiary/aromatic N) is 3. The van der Waals surface area contributed by atoms with E-state index in [9.17, 15) is 14.0 Å². The molecule has 1 aliphatic rings. The predicted molar refractivity (Wildman–Crippen MR) is 111 cm³/mol. The Bertz CT molecular complexity index is 1060. The number of likely N-dealkylation sites (tertiary alicyclic amines) is 1. The number of thiazole rings is 1. The first-order valence-electron chi connectivity index (χ1n) is 9.83. The number of nitrogens with one attached hydrogen (secondary N) is 1. The molecule has 1 aliphatic heterocycles. The van der Waals surface area contributed by atoms with Crippen LogP contribution in [0.3, 0.4) is 0 Å². The molecule has 3 aromatic rings. The van der Waals surface area contributed by atoms with Gasteiger partial charge in [-0.1, -0.05) is 0 Å². The number of aromatic nitrogens is 3. The molecule has 0 spiro atoms. The van der Waals surface area contributed by atoms with Crippen LogP contribution < -0.4 is 5.56 Å². The van der Waals surface area contributed by atoms with E-state index in [-0.39, 0.29) is 17.3 Å². The van der Waals surface area contributed by atoms with Crippen molar-refractivity contribution in [2.75, 3.05) is 13.1 Å². The monoisotopic (exact) mass is 414 g/mol. The van der Waals surface area contributed by atoms with Crippen molar-refractivity contribution in [1.29, 1.82) is 0 Å². The van der Waals surface area contributed by atoms with Crippen molar-refractivity contribution in [3.63, 3.8) is 0 Å². The van der Waals surface area contributed by atoms with E-state index in [1.54, 1.807) is 12.1 Å². The molecule has 2 aromatic heterocycles. The molecule has 0 aliphatic carbocycles. The number of aromatic amines is 1. The smallest absolute Gasteiger partial charge is 0.276 e. The summed E-state index contributed by atoms with van der Waals surface area (Å²) in [7, 11) is 0. The molecule has 6 nitrogen and oxygen atoms in total. The molecular formula is C21H23FN4O2S. The van der Waals surface area contributed by atoms with Gasteiger partial charge in [0.15, 0.2) is 0 Å². The van der Waals surface area contributed by atoms with E-state index >= 15 is 0 Å². The Labute approximate surface area is 172 Å². The summed E-state index contributed by atoms with van der Waals surface area (Å²) in [5.41, 5.74) is 2.67. The zero-order chi connectivity index (χ0) is 20.4. The van der Waals surface area contributed by atoms with Crippen molar-refractivity contribution in [2.24, 2.45) is 0 Å². The van der Waals surface area contributed by atoms with Crippen LogP contribution in [0.1, 0.15) is 36.9 Å². The molecule has 4 rings (SSSR count). The normalized spacial score (nSPS) is 14.3. The summed E-state index contributed by atoms with van der Waals surface area (Å²) in [5.74, 6) is -0.187. The van der Waals surface area contributed by atoms with Gasteiger partial charge in [-0.2, -0.15) is 4.68 Å². The summed E-state index contributed by atoms with van der Waals surface area (Å²) < 4.78 is 14.5. The topological polar surface area (TPSA) is 71.0 Å². The van der Waals surface area contributed by atoms with Gasteiger partial charge in [-0.3, -0.25) is 14.7 Å². The second kappa shape index (κ2) is 8.32. The number of hydrogen-bond acceptors (Lipinski definition) is 4. The average Bonchev–Trinajstić information content (AvgIpc) is 3.32. The first kappa shape index (κ1) is 19.6. The summed E-state index contributed by atoms with van der Waals surface area (Å²) in [6.45, 7) is 3.48. The Morgan fingerprint density at radius 1 is 1.21 bits per heavy atom. The molecule has 0 atom stereocenters.